The van der Waals surface area contributed by atoms with Crippen LogP contribution in [-0.2, 0) is 7.05 Å². The maximum Gasteiger partial charge on any atom is 0.170 e. The van der Waals surface area contributed by atoms with Crippen LogP contribution in [-0.4, -0.2) is 28.6 Å². The minimum Gasteiger partial charge on any atom is -0.357 e. The second-order valence-electron chi connectivity index (χ2n) is 3.52. The molecule has 0 fully saturated rings. The Hall–Kier alpha value is -1.06. The third-order valence-electron chi connectivity index (χ3n) is 1.62. The third kappa shape index (κ3) is 2.22. The largest absolute Gasteiger partial charge is 0.357 e. The Morgan fingerprint density at radius 3 is 2.67 bits per heavy atom. The summed E-state index contributed by atoms with van der Waals surface area (Å²) in [6.07, 6.45) is 1.92. The van der Waals surface area contributed by atoms with Crippen molar-refractivity contribution in [2.75, 3.05) is 18.5 Å². The molecule has 0 aliphatic carbocycles. The highest BCUT2D eigenvalue weighted by atomic mass is 15.4. The summed E-state index contributed by atoms with van der Waals surface area (Å²) in [7, 11) is 3.91. The average molecular weight is 168 g/mol. The number of aromatic nitrogens is 3. The van der Waals surface area contributed by atoms with Crippen LogP contribution in [0.25, 0.3) is 0 Å². The van der Waals surface area contributed by atoms with Crippen LogP contribution in [0.2, 0.25) is 0 Å². The van der Waals surface area contributed by atoms with Gasteiger partial charge >= 0.3 is 0 Å². The molecule has 4 nitrogen and oxygen atoms in total. The molecule has 0 unspecified atom stereocenters. The maximum atomic E-state index is 4.01. The minimum absolute atomic E-state index is 0.650. The first kappa shape index (κ1) is 9.03. The molecule has 0 aliphatic heterocycles. The molecule has 0 N–H and O–H groups in total. The number of hydrogen-bond donors (Lipinski definition) is 0. The summed E-state index contributed by atoms with van der Waals surface area (Å²) in [5.41, 5.74) is 0. The smallest absolute Gasteiger partial charge is 0.170 e. The second kappa shape index (κ2) is 3.56. The number of aryl methyl sites for hydroxylation is 1. The maximum absolute atomic E-state index is 4.01. The van der Waals surface area contributed by atoms with E-state index in [0.717, 1.165) is 12.4 Å². The molecule has 0 aromatic carbocycles. The molecule has 0 aliphatic rings. The van der Waals surface area contributed by atoms with Crippen LogP contribution < -0.4 is 4.90 Å². The molecule has 4 heteroatoms. The predicted octanol–water partition coefficient (Wildman–Crippen LogP) is 0.907. The molecule has 12 heavy (non-hydrogen) atoms. The fourth-order valence-electron chi connectivity index (χ4n) is 1.15. The fraction of sp³-hybridized carbons (Fsp3) is 0.750. The van der Waals surface area contributed by atoms with Gasteiger partial charge in [-0.1, -0.05) is 19.1 Å². The molecule has 0 atom stereocenters. The Morgan fingerprint density at radius 2 is 2.25 bits per heavy atom. The van der Waals surface area contributed by atoms with Gasteiger partial charge in [-0.25, -0.2) is 0 Å². The van der Waals surface area contributed by atoms with E-state index in [1.54, 1.807) is 4.68 Å². The van der Waals surface area contributed by atoms with Gasteiger partial charge in [0.05, 0.1) is 6.20 Å². The minimum atomic E-state index is 0.650. The summed E-state index contributed by atoms with van der Waals surface area (Å²) in [5, 5.41) is 7.88. The van der Waals surface area contributed by atoms with Crippen molar-refractivity contribution >= 4 is 5.82 Å². The number of hydrogen-bond acceptors (Lipinski definition) is 3. The highest BCUT2D eigenvalue weighted by Gasteiger charge is 2.05. The molecule has 68 valence electrons. The van der Waals surface area contributed by atoms with Crippen molar-refractivity contribution in [3.05, 3.63) is 6.20 Å². The fourth-order valence-corrected chi connectivity index (χ4v) is 1.15. The highest BCUT2D eigenvalue weighted by Crippen LogP contribution is 2.07. The summed E-state index contributed by atoms with van der Waals surface area (Å²) < 4.78 is 1.71. The molecule has 0 bridgehead atoms. The van der Waals surface area contributed by atoms with Crippen LogP contribution in [0.1, 0.15) is 13.8 Å². The van der Waals surface area contributed by atoms with Crippen molar-refractivity contribution < 1.29 is 0 Å². The van der Waals surface area contributed by atoms with Crippen molar-refractivity contribution in [2.24, 2.45) is 13.0 Å². The number of anilines is 1. The molecule has 0 radical (unpaired) electrons. The van der Waals surface area contributed by atoms with Gasteiger partial charge in [-0.05, 0) is 5.92 Å². The molecule has 1 heterocycles. The van der Waals surface area contributed by atoms with E-state index in [1.165, 1.54) is 0 Å². The molecule has 0 saturated heterocycles. The van der Waals surface area contributed by atoms with E-state index in [1.807, 2.05) is 20.3 Å². The van der Waals surface area contributed by atoms with Crippen molar-refractivity contribution in [1.82, 2.24) is 15.0 Å². The zero-order valence-corrected chi connectivity index (χ0v) is 8.15. The Morgan fingerprint density at radius 1 is 1.58 bits per heavy atom. The summed E-state index contributed by atoms with van der Waals surface area (Å²) in [6, 6.07) is 0. The molecular weight excluding hydrogens is 152 g/mol. The average Bonchev–Trinajstić information content (AvgIpc) is 2.34. The van der Waals surface area contributed by atoms with Crippen LogP contribution in [0.3, 0.4) is 0 Å². The van der Waals surface area contributed by atoms with Crippen LogP contribution in [0, 0.1) is 5.92 Å². The zero-order chi connectivity index (χ0) is 9.14. The molecule has 0 spiro atoms. The molecule has 1 aromatic heterocycles. The van der Waals surface area contributed by atoms with Gasteiger partial charge in [0, 0.05) is 20.6 Å². The normalized spacial score (nSPS) is 10.8. The lowest BCUT2D eigenvalue weighted by Crippen LogP contribution is -2.22. The van der Waals surface area contributed by atoms with Crippen LogP contribution in [0.5, 0.6) is 0 Å². The van der Waals surface area contributed by atoms with Crippen LogP contribution in [0.15, 0.2) is 6.20 Å². The lowest BCUT2D eigenvalue weighted by atomic mass is 10.2. The summed E-state index contributed by atoms with van der Waals surface area (Å²) in [5.74, 6) is 1.59. The van der Waals surface area contributed by atoms with Gasteiger partial charge in [-0.3, -0.25) is 4.68 Å². The quantitative estimate of drug-likeness (QED) is 0.672. The van der Waals surface area contributed by atoms with Gasteiger partial charge in [0.15, 0.2) is 5.82 Å². The lowest BCUT2D eigenvalue weighted by molar-refractivity contribution is 0.634. The van der Waals surface area contributed by atoms with E-state index < -0.39 is 0 Å². The van der Waals surface area contributed by atoms with Crippen molar-refractivity contribution in [1.29, 1.82) is 0 Å². The topological polar surface area (TPSA) is 34.0 Å². The first-order valence-corrected chi connectivity index (χ1v) is 4.17. The second-order valence-corrected chi connectivity index (χ2v) is 3.52. The van der Waals surface area contributed by atoms with Crippen molar-refractivity contribution in [3.8, 4) is 0 Å². The zero-order valence-electron chi connectivity index (χ0n) is 8.15. The first-order chi connectivity index (χ1) is 5.59. The lowest BCUT2D eigenvalue weighted by Gasteiger charge is -2.17. The third-order valence-corrected chi connectivity index (χ3v) is 1.62. The highest BCUT2D eigenvalue weighted by molar-refractivity contribution is 5.32. The Balaban J connectivity index is 2.58. The van der Waals surface area contributed by atoms with Gasteiger partial charge in [0.25, 0.3) is 0 Å². The first-order valence-electron chi connectivity index (χ1n) is 4.17. The molecule has 0 saturated carbocycles. The standard InChI is InChI=1S/C8H16N4/c1-7(2)5-11(3)8-6-12(4)10-9-8/h6-7H,5H2,1-4H3. The van der Waals surface area contributed by atoms with E-state index in [-0.39, 0.29) is 0 Å². The van der Waals surface area contributed by atoms with E-state index in [9.17, 15) is 0 Å². The Labute approximate surface area is 73.2 Å². The monoisotopic (exact) mass is 168 g/mol. The molecular formula is C8H16N4. The summed E-state index contributed by atoms with van der Waals surface area (Å²) >= 11 is 0. The Bertz CT molecular complexity index is 241. The van der Waals surface area contributed by atoms with Crippen LogP contribution >= 0.6 is 0 Å². The molecule has 0 amide bonds. The van der Waals surface area contributed by atoms with E-state index in [2.05, 4.69) is 29.1 Å². The van der Waals surface area contributed by atoms with Gasteiger partial charge in [-0.2, -0.15) is 0 Å². The van der Waals surface area contributed by atoms with Gasteiger partial charge in [0.1, 0.15) is 0 Å². The molecule has 1 aromatic rings. The summed E-state index contributed by atoms with van der Waals surface area (Å²) in [6.45, 7) is 5.39. The van der Waals surface area contributed by atoms with E-state index in [0.29, 0.717) is 5.92 Å². The van der Waals surface area contributed by atoms with Crippen molar-refractivity contribution in [3.63, 3.8) is 0 Å². The predicted molar refractivity (Wildman–Crippen MR) is 49.1 cm³/mol. The number of nitrogens with zero attached hydrogens (tertiary/aromatic N) is 4. The Kier molecular flexibility index (Phi) is 2.68. The molecule has 1 rings (SSSR count). The van der Waals surface area contributed by atoms with E-state index in [4.69, 9.17) is 0 Å². The summed E-state index contributed by atoms with van der Waals surface area (Å²) in [4.78, 5) is 2.11. The number of rotatable bonds is 3. The SMILES string of the molecule is CC(C)CN(C)c1cn(C)nn1. The van der Waals surface area contributed by atoms with Gasteiger partial charge in [-0.15, -0.1) is 5.10 Å². The van der Waals surface area contributed by atoms with E-state index >= 15 is 0 Å². The van der Waals surface area contributed by atoms with Gasteiger partial charge < -0.3 is 4.90 Å². The van der Waals surface area contributed by atoms with Crippen LogP contribution in [0.4, 0.5) is 5.82 Å². The van der Waals surface area contributed by atoms with Crippen molar-refractivity contribution in [2.45, 2.75) is 13.8 Å². The van der Waals surface area contributed by atoms with Gasteiger partial charge in [0.2, 0.25) is 0 Å².